The summed E-state index contributed by atoms with van der Waals surface area (Å²) in [6.07, 6.45) is 1.80. The van der Waals surface area contributed by atoms with Crippen molar-refractivity contribution in [2.45, 2.75) is 6.92 Å². The van der Waals surface area contributed by atoms with Crippen LogP contribution in [0.5, 0.6) is 11.5 Å². The molecule has 140 valence electrons. The first-order valence-electron chi connectivity index (χ1n) is 8.35. The number of nitrogens with zero attached hydrogens (tertiary/aromatic N) is 2. The quantitative estimate of drug-likeness (QED) is 0.662. The normalized spacial score (nSPS) is 17.0. The van der Waals surface area contributed by atoms with E-state index in [9.17, 15) is 4.79 Å². The minimum absolute atomic E-state index is 0.119. The largest absolute Gasteiger partial charge is 0.493 e. The molecule has 1 aliphatic rings. The maximum absolute atomic E-state index is 12.7. The average molecular weight is 403 g/mol. The van der Waals surface area contributed by atoms with E-state index in [-0.39, 0.29) is 5.91 Å². The van der Waals surface area contributed by atoms with E-state index in [0.717, 1.165) is 5.56 Å². The van der Waals surface area contributed by atoms with Gasteiger partial charge >= 0.3 is 0 Å². The molecule has 0 aliphatic carbocycles. The van der Waals surface area contributed by atoms with Crippen molar-refractivity contribution in [3.63, 3.8) is 0 Å². The lowest BCUT2D eigenvalue weighted by Crippen LogP contribution is -2.23. The molecule has 1 heterocycles. The molecule has 0 aromatic heterocycles. The monoisotopic (exact) mass is 402 g/mol. The van der Waals surface area contributed by atoms with Crippen molar-refractivity contribution >= 4 is 46.2 Å². The molecule has 0 saturated carbocycles. The number of benzene rings is 2. The number of thioether (sulfide) groups is 1. The van der Waals surface area contributed by atoms with Crippen molar-refractivity contribution < 1.29 is 14.3 Å². The van der Waals surface area contributed by atoms with Gasteiger partial charge in [-0.05, 0) is 49.0 Å². The van der Waals surface area contributed by atoms with Gasteiger partial charge in [0.2, 0.25) is 0 Å². The summed E-state index contributed by atoms with van der Waals surface area (Å²) in [6, 6.07) is 12.8. The van der Waals surface area contributed by atoms with Crippen LogP contribution in [-0.4, -0.2) is 36.7 Å². The van der Waals surface area contributed by atoms with Crippen LogP contribution in [0.1, 0.15) is 12.5 Å². The Morgan fingerprint density at radius 2 is 2.04 bits per heavy atom. The van der Waals surface area contributed by atoms with E-state index in [4.69, 9.17) is 21.1 Å². The number of ether oxygens (including phenoxy) is 2. The van der Waals surface area contributed by atoms with Gasteiger partial charge in [-0.2, -0.15) is 0 Å². The lowest BCUT2D eigenvalue weighted by atomic mass is 10.1. The number of rotatable bonds is 5. The number of para-hydroxylation sites is 1. The van der Waals surface area contributed by atoms with Gasteiger partial charge in [-0.25, -0.2) is 4.99 Å². The highest BCUT2D eigenvalue weighted by atomic mass is 35.5. The molecule has 0 spiro atoms. The summed E-state index contributed by atoms with van der Waals surface area (Å²) in [5.74, 6) is 1.13. The van der Waals surface area contributed by atoms with Gasteiger partial charge in [-0.1, -0.05) is 29.8 Å². The molecule has 0 radical (unpaired) electrons. The highest BCUT2D eigenvalue weighted by molar-refractivity contribution is 8.18. The van der Waals surface area contributed by atoms with Crippen molar-refractivity contribution in [2.24, 2.45) is 4.99 Å². The molecule has 1 fully saturated rings. The van der Waals surface area contributed by atoms with E-state index in [1.54, 1.807) is 32.4 Å². The SMILES string of the molecule is CCOc1c(/C=C2/SC(=Nc3cccc(Cl)c3)N(C)C2=O)cccc1OC. The van der Waals surface area contributed by atoms with Crippen molar-refractivity contribution in [3.8, 4) is 11.5 Å². The first-order valence-corrected chi connectivity index (χ1v) is 9.54. The summed E-state index contributed by atoms with van der Waals surface area (Å²) in [5, 5.41) is 1.19. The lowest BCUT2D eigenvalue weighted by molar-refractivity contribution is -0.121. The van der Waals surface area contributed by atoms with Gasteiger partial charge in [0.05, 0.1) is 24.3 Å². The van der Waals surface area contributed by atoms with Gasteiger partial charge in [0.1, 0.15) is 0 Å². The van der Waals surface area contributed by atoms with Gasteiger partial charge < -0.3 is 9.47 Å². The second-order valence-electron chi connectivity index (χ2n) is 5.66. The number of hydrogen-bond donors (Lipinski definition) is 0. The van der Waals surface area contributed by atoms with E-state index < -0.39 is 0 Å². The molecule has 0 bridgehead atoms. The standard InChI is InChI=1S/C20H19ClN2O3S/c1-4-26-18-13(7-5-10-16(18)25-3)11-17-19(24)23(2)20(27-17)22-15-9-6-8-14(21)12-15/h5-12H,4H2,1-3H3/b17-11+,22-20?. The Kier molecular flexibility index (Phi) is 6.08. The molecule has 5 nitrogen and oxygen atoms in total. The Morgan fingerprint density at radius 1 is 1.26 bits per heavy atom. The second kappa shape index (κ2) is 8.50. The number of hydrogen-bond acceptors (Lipinski definition) is 5. The molecule has 2 aromatic rings. The Bertz CT molecular complexity index is 927. The van der Waals surface area contributed by atoms with Crippen LogP contribution >= 0.6 is 23.4 Å². The molecule has 27 heavy (non-hydrogen) atoms. The smallest absolute Gasteiger partial charge is 0.266 e. The van der Waals surface area contributed by atoms with Crippen LogP contribution in [0.25, 0.3) is 6.08 Å². The predicted octanol–water partition coefficient (Wildman–Crippen LogP) is 4.98. The first kappa shape index (κ1) is 19.3. The summed E-state index contributed by atoms with van der Waals surface area (Å²) < 4.78 is 11.1. The second-order valence-corrected chi connectivity index (χ2v) is 7.11. The Hall–Kier alpha value is -2.44. The fourth-order valence-electron chi connectivity index (χ4n) is 2.56. The van der Waals surface area contributed by atoms with E-state index in [1.807, 2.05) is 37.3 Å². The van der Waals surface area contributed by atoms with Crippen molar-refractivity contribution in [1.82, 2.24) is 4.90 Å². The van der Waals surface area contributed by atoms with Crippen LogP contribution in [0.2, 0.25) is 5.02 Å². The maximum Gasteiger partial charge on any atom is 0.266 e. The average Bonchev–Trinajstić information content (AvgIpc) is 2.91. The van der Waals surface area contributed by atoms with E-state index in [1.165, 1.54) is 16.7 Å². The highest BCUT2D eigenvalue weighted by Crippen LogP contribution is 2.37. The lowest BCUT2D eigenvalue weighted by Gasteiger charge is -2.12. The summed E-state index contributed by atoms with van der Waals surface area (Å²) in [7, 11) is 3.29. The zero-order valence-corrected chi connectivity index (χ0v) is 16.8. The maximum atomic E-state index is 12.7. The number of halogens is 1. The van der Waals surface area contributed by atoms with Gasteiger partial charge in [0, 0.05) is 17.6 Å². The molecule has 1 amide bonds. The van der Waals surface area contributed by atoms with Gasteiger partial charge in [0.25, 0.3) is 5.91 Å². The number of amidine groups is 1. The molecular weight excluding hydrogens is 384 g/mol. The third-order valence-electron chi connectivity index (χ3n) is 3.84. The first-order chi connectivity index (χ1) is 13.0. The molecule has 1 aliphatic heterocycles. The van der Waals surface area contributed by atoms with Crippen molar-refractivity contribution in [3.05, 3.63) is 58.0 Å². The third-order valence-corrected chi connectivity index (χ3v) is 5.14. The number of likely N-dealkylation sites (N-methyl/N-ethyl adjacent to an activating group) is 1. The van der Waals surface area contributed by atoms with Crippen LogP contribution in [0.4, 0.5) is 5.69 Å². The van der Waals surface area contributed by atoms with Gasteiger partial charge in [-0.3, -0.25) is 9.69 Å². The van der Waals surface area contributed by atoms with Gasteiger partial charge in [-0.15, -0.1) is 0 Å². The molecule has 0 N–H and O–H groups in total. The van der Waals surface area contributed by atoms with Crippen LogP contribution in [0.15, 0.2) is 52.4 Å². The molecule has 3 rings (SSSR count). The summed E-state index contributed by atoms with van der Waals surface area (Å²) in [4.78, 5) is 19.3. The summed E-state index contributed by atoms with van der Waals surface area (Å²) in [6.45, 7) is 2.40. The van der Waals surface area contributed by atoms with Crippen LogP contribution in [0, 0.1) is 0 Å². The zero-order valence-electron chi connectivity index (χ0n) is 15.2. The fraction of sp³-hybridized carbons (Fsp3) is 0.200. The van der Waals surface area contributed by atoms with Gasteiger partial charge in [0.15, 0.2) is 16.7 Å². The van der Waals surface area contributed by atoms with Crippen molar-refractivity contribution in [1.29, 1.82) is 0 Å². The Balaban J connectivity index is 1.96. The molecule has 2 aromatic carbocycles. The summed E-state index contributed by atoms with van der Waals surface area (Å²) in [5.41, 5.74) is 1.48. The van der Waals surface area contributed by atoms with Crippen molar-refractivity contribution in [2.75, 3.05) is 20.8 Å². The minimum atomic E-state index is -0.119. The number of carbonyl (C=O) groups excluding carboxylic acids is 1. The fourth-order valence-corrected chi connectivity index (χ4v) is 3.72. The van der Waals surface area contributed by atoms with E-state index in [2.05, 4.69) is 4.99 Å². The van der Waals surface area contributed by atoms with Crippen LogP contribution in [-0.2, 0) is 4.79 Å². The molecule has 0 atom stereocenters. The molecule has 1 saturated heterocycles. The third kappa shape index (κ3) is 4.28. The van der Waals surface area contributed by atoms with E-state index >= 15 is 0 Å². The predicted molar refractivity (Wildman–Crippen MR) is 111 cm³/mol. The number of aliphatic imine (C=N–C) groups is 1. The molecular formula is C20H19ClN2O3S. The van der Waals surface area contributed by atoms with Crippen LogP contribution in [0.3, 0.4) is 0 Å². The Morgan fingerprint density at radius 3 is 2.74 bits per heavy atom. The molecule has 7 heteroatoms. The molecule has 0 unspecified atom stereocenters. The Labute approximate surface area is 167 Å². The van der Waals surface area contributed by atoms with E-state index in [0.29, 0.717) is 38.9 Å². The highest BCUT2D eigenvalue weighted by Gasteiger charge is 2.30. The number of methoxy groups -OCH3 is 1. The number of amides is 1. The van der Waals surface area contributed by atoms with Crippen LogP contribution < -0.4 is 9.47 Å². The summed E-state index contributed by atoms with van der Waals surface area (Å²) >= 11 is 7.32. The topological polar surface area (TPSA) is 51.1 Å². The number of carbonyl (C=O) groups is 1. The minimum Gasteiger partial charge on any atom is -0.493 e. The zero-order chi connectivity index (χ0) is 19.4.